The molecule has 0 aliphatic carbocycles. The summed E-state index contributed by atoms with van der Waals surface area (Å²) >= 11 is 0. The van der Waals surface area contributed by atoms with E-state index in [1.54, 1.807) is 19.1 Å². The first-order valence-electron chi connectivity index (χ1n) is 9.53. The molecule has 0 saturated heterocycles. The lowest BCUT2D eigenvalue weighted by molar-refractivity contribution is -0.385. The van der Waals surface area contributed by atoms with Crippen LogP contribution in [-0.2, 0) is 4.79 Å². The number of fused-ring (bicyclic) bond motifs is 3. The molecule has 1 N–H and O–H groups in total. The number of pyridine rings is 1. The summed E-state index contributed by atoms with van der Waals surface area (Å²) in [6.07, 6.45) is -5.32. The van der Waals surface area contributed by atoms with E-state index in [1.807, 2.05) is 0 Å². The number of methoxy groups -OCH3 is 2. The fourth-order valence-electron chi connectivity index (χ4n) is 3.54. The van der Waals surface area contributed by atoms with Gasteiger partial charge in [0.05, 0.1) is 24.8 Å². The predicted octanol–water partition coefficient (Wildman–Crippen LogP) is 4.48. The van der Waals surface area contributed by atoms with Crippen LogP contribution in [0.25, 0.3) is 33.1 Å². The van der Waals surface area contributed by atoms with Gasteiger partial charge in [0.2, 0.25) is 5.75 Å². The molecule has 4 rings (SSSR count). The van der Waals surface area contributed by atoms with Gasteiger partial charge in [-0.3, -0.25) is 15.2 Å². The number of ether oxygens (including phenoxy) is 3. The number of esters is 1. The number of rotatable bonds is 5. The zero-order chi connectivity index (χ0) is 24.8. The highest BCUT2D eigenvalue weighted by atomic mass is 19.4. The third kappa shape index (κ3) is 3.80. The van der Waals surface area contributed by atoms with Crippen molar-refractivity contribution < 1.29 is 37.1 Å². The lowest BCUT2D eigenvalue weighted by Gasteiger charge is -2.13. The van der Waals surface area contributed by atoms with Crippen LogP contribution in [0.3, 0.4) is 0 Å². The third-order valence-corrected chi connectivity index (χ3v) is 5.06. The van der Waals surface area contributed by atoms with Crippen LogP contribution in [-0.4, -0.2) is 46.5 Å². The largest absolute Gasteiger partial charge is 0.493 e. The molecule has 0 unspecified atom stereocenters. The topological polar surface area (TPSA) is 129 Å². The molecule has 176 valence electrons. The molecule has 0 spiro atoms. The van der Waals surface area contributed by atoms with Gasteiger partial charge in [-0.2, -0.15) is 18.3 Å². The average Bonchev–Trinajstić information content (AvgIpc) is 3.17. The summed E-state index contributed by atoms with van der Waals surface area (Å²) in [5.41, 5.74) is 0.600. The van der Waals surface area contributed by atoms with Crippen molar-refractivity contribution in [3.63, 3.8) is 0 Å². The van der Waals surface area contributed by atoms with Gasteiger partial charge in [-0.1, -0.05) is 0 Å². The van der Waals surface area contributed by atoms with E-state index in [4.69, 9.17) is 9.47 Å². The van der Waals surface area contributed by atoms with Crippen molar-refractivity contribution in [2.75, 3.05) is 14.2 Å². The van der Waals surface area contributed by atoms with Gasteiger partial charge in [0.1, 0.15) is 0 Å². The smallest absolute Gasteiger partial charge is 0.491 e. The van der Waals surface area contributed by atoms with E-state index in [1.165, 1.54) is 20.3 Å². The Morgan fingerprint density at radius 2 is 1.71 bits per heavy atom. The van der Waals surface area contributed by atoms with Gasteiger partial charge < -0.3 is 14.2 Å². The van der Waals surface area contributed by atoms with Crippen LogP contribution in [0.15, 0.2) is 30.3 Å². The van der Waals surface area contributed by atoms with Crippen LogP contribution in [0.2, 0.25) is 0 Å². The molecular weight excluding hydrogens is 461 g/mol. The standard InChI is InChI=1S/C21H15F3N4O6/c1-9-17-11-7-15(32-2)16(33-3)8-12(11)18(25-19(17)27-26-9)10-4-5-14(13(6-10)28(30)31)34-20(29)21(22,23)24/h4-8H,1-3H3,(H,25,26,27). The number of nitrogens with zero attached hydrogens (tertiary/aromatic N) is 3. The monoisotopic (exact) mass is 476 g/mol. The van der Waals surface area contributed by atoms with Crippen LogP contribution in [0.5, 0.6) is 17.2 Å². The Hall–Kier alpha value is -4.42. The Balaban J connectivity index is 1.98. The molecule has 0 radical (unpaired) electrons. The third-order valence-electron chi connectivity index (χ3n) is 5.06. The molecule has 0 saturated carbocycles. The Labute approximate surface area is 188 Å². The molecule has 10 nitrogen and oxygen atoms in total. The SMILES string of the molecule is COc1cc2c(-c3ccc(OC(=O)C(F)(F)F)c([N+](=O)[O-])c3)nc3n[nH]c(C)c3c2cc1OC. The van der Waals surface area contributed by atoms with Gasteiger partial charge in [0.15, 0.2) is 17.1 Å². The molecule has 0 atom stereocenters. The van der Waals surface area contributed by atoms with Crippen LogP contribution in [0.4, 0.5) is 18.9 Å². The number of aromatic amines is 1. The molecule has 2 aromatic carbocycles. The molecule has 2 aromatic heterocycles. The second-order valence-electron chi connectivity index (χ2n) is 7.09. The van der Waals surface area contributed by atoms with Crippen LogP contribution >= 0.6 is 0 Å². The molecule has 4 aromatic rings. The van der Waals surface area contributed by atoms with Gasteiger partial charge in [0.25, 0.3) is 0 Å². The predicted molar refractivity (Wildman–Crippen MR) is 113 cm³/mol. The summed E-state index contributed by atoms with van der Waals surface area (Å²) in [5.74, 6) is -2.63. The summed E-state index contributed by atoms with van der Waals surface area (Å²) in [5, 5.41) is 20.4. The molecular formula is C21H15F3N4O6. The number of aryl methyl sites for hydroxylation is 1. The highest BCUT2D eigenvalue weighted by molar-refractivity contribution is 6.12. The number of benzene rings is 2. The van der Waals surface area contributed by atoms with Gasteiger partial charge >= 0.3 is 17.8 Å². The number of hydrogen-bond donors (Lipinski definition) is 1. The van der Waals surface area contributed by atoms with Gasteiger partial charge in [-0.15, -0.1) is 0 Å². The molecule has 34 heavy (non-hydrogen) atoms. The number of carbonyl (C=O) groups excluding carboxylic acids is 1. The van der Waals surface area contributed by atoms with Gasteiger partial charge in [-0.25, -0.2) is 9.78 Å². The summed E-state index contributed by atoms with van der Waals surface area (Å²) in [6.45, 7) is 1.79. The Morgan fingerprint density at radius 3 is 2.29 bits per heavy atom. The van der Waals surface area contributed by atoms with Crippen LogP contribution in [0.1, 0.15) is 5.69 Å². The lowest BCUT2D eigenvalue weighted by Crippen LogP contribution is -2.28. The number of nitro benzene ring substituents is 1. The van der Waals surface area contributed by atoms with Gasteiger partial charge in [-0.05, 0) is 31.2 Å². The Kier molecular flexibility index (Phi) is 5.47. The van der Waals surface area contributed by atoms with E-state index < -0.39 is 28.5 Å². The minimum atomic E-state index is -5.32. The van der Waals surface area contributed by atoms with E-state index in [9.17, 15) is 28.1 Å². The summed E-state index contributed by atoms with van der Waals surface area (Å²) < 4.78 is 52.7. The molecule has 0 aliphatic heterocycles. The molecule has 13 heteroatoms. The minimum Gasteiger partial charge on any atom is -0.493 e. The number of carbonyl (C=O) groups is 1. The number of nitro groups is 1. The van der Waals surface area contributed by atoms with Crippen molar-refractivity contribution >= 4 is 33.5 Å². The molecule has 0 fully saturated rings. The highest BCUT2D eigenvalue weighted by Gasteiger charge is 2.42. The van der Waals surface area contributed by atoms with Crippen molar-refractivity contribution in [2.24, 2.45) is 0 Å². The molecule has 0 bridgehead atoms. The maximum absolute atomic E-state index is 12.6. The van der Waals surface area contributed by atoms with E-state index in [-0.39, 0.29) is 11.3 Å². The van der Waals surface area contributed by atoms with Crippen molar-refractivity contribution in [2.45, 2.75) is 13.1 Å². The maximum Gasteiger partial charge on any atom is 0.491 e. The minimum absolute atomic E-state index is 0.179. The zero-order valence-electron chi connectivity index (χ0n) is 17.8. The zero-order valence-corrected chi connectivity index (χ0v) is 17.8. The number of hydrogen-bond acceptors (Lipinski definition) is 8. The van der Waals surface area contributed by atoms with Gasteiger partial charge in [0, 0.05) is 33.5 Å². The van der Waals surface area contributed by atoms with Crippen LogP contribution < -0.4 is 14.2 Å². The van der Waals surface area contributed by atoms with E-state index in [0.29, 0.717) is 39.0 Å². The van der Waals surface area contributed by atoms with E-state index >= 15 is 0 Å². The average molecular weight is 476 g/mol. The first-order valence-corrected chi connectivity index (χ1v) is 9.53. The first kappa shape index (κ1) is 22.8. The highest BCUT2D eigenvalue weighted by Crippen LogP contribution is 2.41. The van der Waals surface area contributed by atoms with Crippen molar-refractivity contribution in [1.29, 1.82) is 0 Å². The summed E-state index contributed by atoms with van der Waals surface area (Å²) in [6, 6.07) is 6.48. The number of aromatic nitrogens is 3. The fourth-order valence-corrected chi connectivity index (χ4v) is 3.54. The van der Waals surface area contributed by atoms with E-state index in [2.05, 4.69) is 19.9 Å². The van der Waals surface area contributed by atoms with E-state index in [0.717, 1.165) is 12.1 Å². The number of nitrogens with one attached hydrogen (secondary N) is 1. The molecule has 2 heterocycles. The lowest BCUT2D eigenvalue weighted by atomic mass is 10.00. The molecule has 0 aliphatic rings. The number of H-pyrrole nitrogens is 1. The maximum atomic E-state index is 12.6. The van der Waals surface area contributed by atoms with Crippen molar-refractivity contribution in [3.05, 3.63) is 46.1 Å². The number of alkyl halides is 3. The number of halogens is 3. The Morgan fingerprint density at radius 1 is 1.06 bits per heavy atom. The second kappa shape index (κ2) is 8.17. The summed E-state index contributed by atoms with van der Waals surface area (Å²) in [7, 11) is 2.91. The first-order chi connectivity index (χ1) is 16.0. The fraction of sp³-hybridized carbons (Fsp3) is 0.190. The summed E-state index contributed by atoms with van der Waals surface area (Å²) in [4.78, 5) is 26.3. The molecule has 0 amide bonds. The Bertz CT molecular complexity index is 1460. The van der Waals surface area contributed by atoms with Crippen molar-refractivity contribution in [3.8, 4) is 28.5 Å². The van der Waals surface area contributed by atoms with Crippen LogP contribution in [0, 0.1) is 17.0 Å². The second-order valence-corrected chi connectivity index (χ2v) is 7.09. The normalized spacial score (nSPS) is 11.6. The van der Waals surface area contributed by atoms with Crippen molar-refractivity contribution in [1.82, 2.24) is 15.2 Å². The quantitative estimate of drug-likeness (QED) is 0.193.